The first-order valence-corrected chi connectivity index (χ1v) is 10.0. The van der Waals surface area contributed by atoms with E-state index in [0.29, 0.717) is 28.7 Å². The maximum Gasteiger partial charge on any atom is 0.181 e. The van der Waals surface area contributed by atoms with Crippen molar-refractivity contribution in [1.82, 2.24) is 14.5 Å². The Balaban J connectivity index is 1.50. The van der Waals surface area contributed by atoms with E-state index < -0.39 is 24.5 Å². The molecule has 1 aliphatic carbocycles. The minimum atomic E-state index is -1.53. The van der Waals surface area contributed by atoms with E-state index in [1.807, 2.05) is 25.1 Å². The highest BCUT2D eigenvalue weighted by molar-refractivity contribution is 5.74. The number of benzene rings is 1. The fourth-order valence-electron chi connectivity index (χ4n) is 3.70. The van der Waals surface area contributed by atoms with Crippen LogP contribution in [-0.2, 0) is 17.7 Å². The predicted molar refractivity (Wildman–Crippen MR) is 108 cm³/mol. The molecule has 4 atom stereocenters. The van der Waals surface area contributed by atoms with Gasteiger partial charge in [0, 0.05) is 12.6 Å². The van der Waals surface area contributed by atoms with Crippen molar-refractivity contribution in [1.29, 1.82) is 0 Å². The third-order valence-electron chi connectivity index (χ3n) is 5.54. The van der Waals surface area contributed by atoms with E-state index in [0.717, 1.165) is 12.8 Å². The van der Waals surface area contributed by atoms with E-state index in [9.17, 15) is 20.4 Å². The van der Waals surface area contributed by atoms with Crippen molar-refractivity contribution in [3.05, 3.63) is 59.0 Å². The summed E-state index contributed by atoms with van der Waals surface area (Å²) in [5.74, 6) is 0. The smallest absolute Gasteiger partial charge is 0.181 e. The van der Waals surface area contributed by atoms with Crippen LogP contribution in [-0.4, -0.2) is 53.8 Å². The monoisotopic (exact) mass is 414 g/mol. The van der Waals surface area contributed by atoms with Crippen LogP contribution in [0.2, 0.25) is 0 Å². The lowest BCUT2D eigenvalue weighted by molar-refractivity contribution is -0.100. The average molecular weight is 414 g/mol. The van der Waals surface area contributed by atoms with Gasteiger partial charge in [-0.25, -0.2) is 4.98 Å². The molecule has 0 radical (unpaired) electrons. The summed E-state index contributed by atoms with van der Waals surface area (Å²) in [6.45, 7) is 2.21. The molecule has 2 heterocycles. The second-order valence-electron chi connectivity index (χ2n) is 7.47. The fourth-order valence-corrected chi connectivity index (χ4v) is 3.70. The number of nitrogens with one attached hydrogen (secondary N) is 1. The van der Waals surface area contributed by atoms with Crippen LogP contribution in [0.3, 0.4) is 0 Å². The summed E-state index contributed by atoms with van der Waals surface area (Å²) in [5, 5.41) is 46.6. The van der Waals surface area contributed by atoms with Gasteiger partial charge in [0.1, 0.15) is 18.4 Å². The van der Waals surface area contributed by atoms with E-state index in [1.165, 1.54) is 22.0 Å². The first-order chi connectivity index (χ1) is 14.5. The van der Waals surface area contributed by atoms with Crippen LogP contribution in [0.1, 0.15) is 42.4 Å². The van der Waals surface area contributed by atoms with Gasteiger partial charge in [-0.05, 0) is 42.5 Å². The van der Waals surface area contributed by atoms with Crippen molar-refractivity contribution in [2.75, 3.05) is 6.61 Å². The molecule has 160 valence electrons. The number of nitrogens with zero attached hydrogens (tertiary/aromatic N) is 3. The molecule has 9 heteroatoms. The Morgan fingerprint density at radius 3 is 2.67 bits per heavy atom. The summed E-state index contributed by atoms with van der Waals surface area (Å²) in [4.78, 5) is 12.1. The standard InChI is InChI=1S/C21H26N4O5/c1-2-30-24-19-15-7-8-25(20(15)23-11-22-19)21(29)18(28)17(27)10-16(26)14-6-4-12-3-5-13(12)9-14/h4,6-9,11,16-18,21,26-29H,2-3,5,10H2,1H3,(H,22,23,24)/t16-,17+,18+,21+/m0/s1. The van der Waals surface area contributed by atoms with Gasteiger partial charge in [0.15, 0.2) is 11.7 Å². The number of aliphatic hydroxyl groups is 4. The van der Waals surface area contributed by atoms with Gasteiger partial charge in [-0.15, -0.1) is 0 Å². The number of aliphatic hydroxyl groups excluding tert-OH is 4. The van der Waals surface area contributed by atoms with E-state index in [4.69, 9.17) is 4.84 Å². The van der Waals surface area contributed by atoms with Crippen LogP contribution >= 0.6 is 0 Å². The quantitative estimate of drug-likeness (QED) is 0.344. The zero-order valence-corrected chi connectivity index (χ0v) is 16.6. The Labute approximate surface area is 172 Å². The van der Waals surface area contributed by atoms with Gasteiger partial charge in [-0.1, -0.05) is 23.4 Å². The number of aryl methyl sites for hydroxylation is 2. The van der Waals surface area contributed by atoms with Crippen molar-refractivity contribution in [2.45, 2.75) is 50.7 Å². The lowest BCUT2D eigenvalue weighted by Crippen LogP contribution is -2.36. The normalized spacial score (nSPS) is 17.8. The molecule has 5 N–H and O–H groups in total. The summed E-state index contributed by atoms with van der Waals surface area (Å²) in [6, 6.07) is 7.42. The Bertz CT molecular complexity index is 1090. The Morgan fingerprint density at radius 1 is 1.17 bits per heavy atom. The number of aromatic amines is 1. The maximum absolute atomic E-state index is 10.6. The molecule has 0 aliphatic heterocycles. The van der Waals surface area contributed by atoms with Crippen molar-refractivity contribution in [2.24, 2.45) is 5.16 Å². The van der Waals surface area contributed by atoms with Crippen LogP contribution in [0.25, 0.3) is 11.0 Å². The third-order valence-corrected chi connectivity index (χ3v) is 5.54. The summed E-state index contributed by atoms with van der Waals surface area (Å²) in [6.07, 6.45) is -0.400. The lowest BCUT2D eigenvalue weighted by Gasteiger charge is -2.27. The summed E-state index contributed by atoms with van der Waals surface area (Å²) in [7, 11) is 0. The number of hydrogen-bond donors (Lipinski definition) is 5. The van der Waals surface area contributed by atoms with E-state index >= 15 is 0 Å². The third kappa shape index (κ3) is 3.84. The summed E-state index contributed by atoms with van der Waals surface area (Å²) < 4.78 is 1.35. The minimum Gasteiger partial charge on any atom is -0.394 e. The Hall–Kier alpha value is -2.72. The molecule has 2 aromatic heterocycles. The molecular weight excluding hydrogens is 388 g/mol. The van der Waals surface area contributed by atoms with Crippen molar-refractivity contribution in [3.8, 4) is 0 Å². The Kier molecular flexibility index (Phi) is 5.87. The zero-order chi connectivity index (χ0) is 21.3. The van der Waals surface area contributed by atoms with Crippen LogP contribution in [0, 0.1) is 0 Å². The fraction of sp³-hybridized carbons (Fsp3) is 0.429. The highest BCUT2D eigenvalue weighted by Gasteiger charge is 2.29. The molecule has 0 bridgehead atoms. The highest BCUT2D eigenvalue weighted by atomic mass is 16.6. The van der Waals surface area contributed by atoms with Crippen molar-refractivity contribution in [3.63, 3.8) is 0 Å². The van der Waals surface area contributed by atoms with Gasteiger partial charge >= 0.3 is 0 Å². The van der Waals surface area contributed by atoms with Gasteiger partial charge in [0.05, 0.1) is 23.9 Å². The number of rotatable bonds is 8. The largest absolute Gasteiger partial charge is 0.394 e. The van der Waals surface area contributed by atoms with Gasteiger partial charge < -0.3 is 34.8 Å². The number of H-pyrrole nitrogens is 1. The van der Waals surface area contributed by atoms with E-state index in [2.05, 4.69) is 15.1 Å². The summed E-state index contributed by atoms with van der Waals surface area (Å²) >= 11 is 0. The minimum absolute atomic E-state index is 0.109. The van der Waals surface area contributed by atoms with Gasteiger partial charge in [-0.2, -0.15) is 0 Å². The molecule has 3 aromatic rings. The second-order valence-corrected chi connectivity index (χ2v) is 7.47. The number of fused-ring (bicyclic) bond motifs is 2. The van der Waals surface area contributed by atoms with Crippen LogP contribution in [0.4, 0.5) is 0 Å². The molecule has 30 heavy (non-hydrogen) atoms. The maximum atomic E-state index is 10.6. The molecule has 1 aromatic carbocycles. The van der Waals surface area contributed by atoms with E-state index in [-0.39, 0.29) is 6.42 Å². The predicted octanol–water partition coefficient (Wildman–Crippen LogP) is 0.652. The van der Waals surface area contributed by atoms with Crippen LogP contribution in [0.5, 0.6) is 0 Å². The number of hydrogen-bond acceptors (Lipinski definition) is 7. The molecular formula is C21H26N4O5. The molecule has 0 saturated carbocycles. The molecule has 0 fully saturated rings. The van der Waals surface area contributed by atoms with Crippen molar-refractivity contribution >= 4 is 11.0 Å². The van der Waals surface area contributed by atoms with E-state index in [1.54, 1.807) is 12.3 Å². The second kappa shape index (κ2) is 8.57. The average Bonchev–Trinajstić information content (AvgIpc) is 3.16. The molecule has 1 aliphatic rings. The van der Waals surface area contributed by atoms with Crippen LogP contribution < -0.4 is 5.49 Å². The summed E-state index contributed by atoms with van der Waals surface area (Å²) in [5.41, 5.74) is 3.98. The van der Waals surface area contributed by atoms with Gasteiger partial charge in [0.25, 0.3) is 0 Å². The van der Waals surface area contributed by atoms with Crippen molar-refractivity contribution < 1.29 is 25.3 Å². The molecule has 4 rings (SSSR count). The van der Waals surface area contributed by atoms with Gasteiger partial charge in [0.2, 0.25) is 0 Å². The molecule has 9 nitrogen and oxygen atoms in total. The lowest BCUT2D eigenvalue weighted by atomic mass is 9.85. The molecule has 0 unspecified atom stereocenters. The SMILES string of the molecule is CCO/N=c1\[nH]cnc2c1ccn2[C@H](O)[C@H](O)[C@H](O)C[C@H](O)c1ccc2c(c1)CC2. The highest BCUT2D eigenvalue weighted by Crippen LogP contribution is 2.29. The molecule has 0 saturated heterocycles. The van der Waals surface area contributed by atoms with Crippen LogP contribution in [0.15, 0.2) is 41.9 Å². The Morgan fingerprint density at radius 2 is 1.97 bits per heavy atom. The number of aromatic nitrogens is 3. The zero-order valence-electron chi connectivity index (χ0n) is 16.6. The topological polar surface area (TPSA) is 136 Å². The first kappa shape index (κ1) is 20.5. The molecule has 0 spiro atoms. The molecule has 0 amide bonds. The first-order valence-electron chi connectivity index (χ1n) is 10.0. The van der Waals surface area contributed by atoms with Gasteiger partial charge in [-0.3, -0.25) is 0 Å².